The standard InChI is InChI=1S/C21H25N9O10P2S2/c22-8-1-2-24-18-11(8)27-6-29(18)20-13(31)15-9(37-20)3-35-42(34,44)40-16-10(4-36-41(33,43)39-15)38-21(14(16)32)30-7-28-12-17(23)25-5-26-19(12)30/h1-2,5-7,9-10,13-16,20-21,31-32H,3-4H2,(H2,22,24)(H,33,43)(H,34,44)(H2,23,25,26)/t9-,10-,13-,14-,15-,16-,20-,21-,41?,42?/m1/s1. The molecule has 3 aliphatic heterocycles. The van der Waals surface area contributed by atoms with Crippen LogP contribution in [0.15, 0.2) is 31.2 Å². The number of aromatic nitrogens is 7. The molecule has 0 amide bonds. The number of aliphatic hydroxyl groups excluding tert-OH is 2. The molecule has 2 unspecified atom stereocenters. The van der Waals surface area contributed by atoms with Crippen molar-refractivity contribution < 1.29 is 47.6 Å². The molecule has 0 aromatic carbocycles. The van der Waals surface area contributed by atoms with Crippen molar-refractivity contribution in [3.8, 4) is 0 Å². The molecule has 0 bridgehead atoms. The number of nitrogens with two attached hydrogens (primary N) is 2. The van der Waals surface area contributed by atoms with Crippen LogP contribution >= 0.6 is 13.4 Å². The van der Waals surface area contributed by atoms with Crippen molar-refractivity contribution in [3.05, 3.63) is 31.2 Å². The van der Waals surface area contributed by atoms with Crippen LogP contribution in [0.3, 0.4) is 0 Å². The number of ether oxygens (including phenoxy) is 2. The molecule has 7 heterocycles. The van der Waals surface area contributed by atoms with Gasteiger partial charge in [-0.15, -0.1) is 0 Å². The van der Waals surface area contributed by atoms with Gasteiger partial charge < -0.3 is 50.0 Å². The van der Waals surface area contributed by atoms with Crippen molar-refractivity contribution >= 4 is 70.9 Å². The monoisotopic (exact) mass is 689 g/mol. The van der Waals surface area contributed by atoms with E-state index < -0.39 is 75.7 Å². The van der Waals surface area contributed by atoms with Crippen LogP contribution in [0.4, 0.5) is 11.5 Å². The number of aliphatic hydroxyl groups is 2. The lowest BCUT2D eigenvalue weighted by Crippen LogP contribution is -2.39. The number of hydrogen-bond donors (Lipinski definition) is 6. The minimum atomic E-state index is -4.11. The van der Waals surface area contributed by atoms with Gasteiger partial charge in [0.25, 0.3) is 0 Å². The van der Waals surface area contributed by atoms with Crippen LogP contribution in [-0.2, 0) is 51.2 Å². The van der Waals surface area contributed by atoms with Gasteiger partial charge in [0.1, 0.15) is 54.0 Å². The summed E-state index contributed by atoms with van der Waals surface area (Å²) >= 11 is 10.5. The van der Waals surface area contributed by atoms with E-state index in [0.29, 0.717) is 16.9 Å². The lowest BCUT2D eigenvalue weighted by molar-refractivity contribution is -0.0593. The second-order valence-electron chi connectivity index (χ2n) is 10.1. The zero-order valence-electron chi connectivity index (χ0n) is 22.2. The SMILES string of the molecule is Nc1ccnc2c1ncn2[C@@H]1O[C@@H]2COP(O)(=S)O[C@H]3[C@@H](O)[C@H](n4cnc5c(N)ncnc54)O[C@@H]3COP(O)(=S)O[C@H]2[C@H]1O. The molecular formula is C21H25N9O10P2S2. The van der Waals surface area contributed by atoms with Crippen molar-refractivity contribution in [1.29, 1.82) is 0 Å². The van der Waals surface area contributed by atoms with E-state index in [4.69, 9.17) is 62.6 Å². The molecule has 23 heteroatoms. The number of pyridine rings is 1. The van der Waals surface area contributed by atoms with Crippen LogP contribution in [-0.4, -0.2) is 104 Å². The van der Waals surface area contributed by atoms with Gasteiger partial charge in [0.05, 0.1) is 31.6 Å². The van der Waals surface area contributed by atoms with Gasteiger partial charge in [-0.05, 0) is 29.7 Å². The van der Waals surface area contributed by atoms with Crippen molar-refractivity contribution in [2.75, 3.05) is 24.7 Å². The Bertz CT molecular complexity index is 1700. The molecule has 0 radical (unpaired) electrons. The highest BCUT2D eigenvalue weighted by atomic mass is 32.5. The lowest BCUT2D eigenvalue weighted by atomic mass is 10.1. The van der Waals surface area contributed by atoms with Crippen molar-refractivity contribution in [1.82, 2.24) is 34.1 Å². The van der Waals surface area contributed by atoms with Gasteiger partial charge in [0.2, 0.25) is 0 Å². The number of hydrogen-bond acceptors (Lipinski definition) is 17. The summed E-state index contributed by atoms with van der Waals surface area (Å²) in [5, 5.41) is 22.5. The Balaban J connectivity index is 1.17. The van der Waals surface area contributed by atoms with Gasteiger partial charge in [0.15, 0.2) is 29.6 Å². The van der Waals surface area contributed by atoms with Crippen molar-refractivity contribution in [3.63, 3.8) is 0 Å². The number of nitrogens with zero attached hydrogens (tertiary/aromatic N) is 7. The molecule has 0 spiro atoms. The Morgan fingerprint density at radius 2 is 1.30 bits per heavy atom. The third kappa shape index (κ3) is 5.31. The highest BCUT2D eigenvalue weighted by Crippen LogP contribution is 2.54. The Labute approximate surface area is 257 Å². The van der Waals surface area contributed by atoms with Gasteiger partial charge in [-0.25, -0.2) is 24.9 Å². The Morgan fingerprint density at radius 3 is 1.86 bits per heavy atom. The summed E-state index contributed by atoms with van der Waals surface area (Å²) in [5.41, 5.74) is 13.5. The van der Waals surface area contributed by atoms with Crippen molar-refractivity contribution in [2.24, 2.45) is 0 Å². The molecule has 7 rings (SSSR count). The first-order valence-electron chi connectivity index (χ1n) is 12.9. The fourth-order valence-corrected chi connectivity index (χ4v) is 8.22. The third-order valence-electron chi connectivity index (χ3n) is 7.36. The van der Waals surface area contributed by atoms with Crippen LogP contribution in [0.1, 0.15) is 12.5 Å². The number of imidazole rings is 2. The second-order valence-corrected chi connectivity index (χ2v) is 15.7. The average molecular weight is 690 g/mol. The van der Waals surface area contributed by atoms with Crippen LogP contribution in [0, 0.1) is 0 Å². The summed E-state index contributed by atoms with van der Waals surface area (Å²) in [6.45, 7) is -9.16. The number of fused-ring (bicyclic) bond motifs is 4. The molecule has 3 fully saturated rings. The van der Waals surface area contributed by atoms with Crippen LogP contribution < -0.4 is 11.5 Å². The molecule has 3 saturated heterocycles. The molecule has 10 atom stereocenters. The zero-order valence-corrected chi connectivity index (χ0v) is 25.6. The molecular weight excluding hydrogens is 664 g/mol. The normalized spacial score (nSPS) is 38.3. The van der Waals surface area contributed by atoms with Gasteiger partial charge >= 0.3 is 13.4 Å². The smallest absolute Gasteiger partial charge is 0.325 e. The highest BCUT2D eigenvalue weighted by Gasteiger charge is 2.52. The quantitative estimate of drug-likeness (QED) is 0.141. The van der Waals surface area contributed by atoms with E-state index in [1.54, 1.807) is 6.07 Å². The van der Waals surface area contributed by atoms with E-state index in [1.165, 1.54) is 34.3 Å². The first kappa shape index (κ1) is 30.3. The largest absolute Gasteiger partial charge is 0.397 e. The lowest BCUT2D eigenvalue weighted by Gasteiger charge is -2.30. The maximum Gasteiger partial charge on any atom is 0.325 e. The summed E-state index contributed by atoms with van der Waals surface area (Å²) in [7, 11) is 0. The van der Waals surface area contributed by atoms with E-state index >= 15 is 0 Å². The number of nitrogen functional groups attached to an aromatic ring is 2. The van der Waals surface area contributed by atoms with Gasteiger partial charge in [0, 0.05) is 6.20 Å². The molecule has 0 aliphatic carbocycles. The molecule has 4 aromatic heterocycles. The maximum atomic E-state index is 11.3. The van der Waals surface area contributed by atoms with Gasteiger partial charge in [-0.2, -0.15) is 0 Å². The van der Waals surface area contributed by atoms with Crippen LogP contribution in [0.5, 0.6) is 0 Å². The van der Waals surface area contributed by atoms with E-state index in [0.717, 1.165) is 0 Å². The molecule has 0 saturated carbocycles. The highest BCUT2D eigenvalue weighted by molar-refractivity contribution is 8.07. The van der Waals surface area contributed by atoms with E-state index in [9.17, 15) is 20.0 Å². The van der Waals surface area contributed by atoms with E-state index in [2.05, 4.69) is 24.9 Å². The fourth-order valence-electron chi connectivity index (χ4n) is 5.33. The first-order chi connectivity index (χ1) is 20.9. The first-order valence-corrected chi connectivity index (χ1v) is 18.1. The van der Waals surface area contributed by atoms with E-state index in [-0.39, 0.29) is 17.0 Å². The third-order valence-corrected chi connectivity index (χ3v) is 10.5. The number of rotatable bonds is 2. The molecule has 19 nitrogen and oxygen atoms in total. The van der Waals surface area contributed by atoms with Crippen LogP contribution in [0.25, 0.3) is 22.3 Å². The minimum Gasteiger partial charge on any atom is -0.397 e. The average Bonchev–Trinajstić information content (AvgIpc) is 3.73. The van der Waals surface area contributed by atoms with E-state index in [1.807, 2.05) is 0 Å². The predicted molar refractivity (Wildman–Crippen MR) is 156 cm³/mol. The Morgan fingerprint density at radius 1 is 0.773 bits per heavy atom. The topological polar surface area (TPSA) is 263 Å². The molecule has 4 aromatic rings. The Hall–Kier alpha value is -2.33. The summed E-state index contributed by atoms with van der Waals surface area (Å²) in [6, 6.07) is 1.57. The van der Waals surface area contributed by atoms with Crippen molar-refractivity contribution in [2.45, 2.75) is 49.1 Å². The van der Waals surface area contributed by atoms with Gasteiger partial charge in [-0.3, -0.25) is 18.2 Å². The Kier molecular flexibility index (Phi) is 7.71. The van der Waals surface area contributed by atoms with Gasteiger partial charge in [-0.1, -0.05) is 0 Å². The summed E-state index contributed by atoms with van der Waals surface area (Å²) in [4.78, 5) is 42.8. The maximum absolute atomic E-state index is 11.3. The fraction of sp³-hybridized carbons (Fsp3) is 0.476. The molecule has 8 N–H and O–H groups in total. The summed E-state index contributed by atoms with van der Waals surface area (Å²) in [5.74, 6) is 0.114. The molecule has 44 heavy (non-hydrogen) atoms. The predicted octanol–water partition coefficient (Wildman–Crippen LogP) is -0.797. The minimum absolute atomic E-state index is 0.114. The zero-order chi connectivity index (χ0) is 31.0. The number of anilines is 2. The molecule has 236 valence electrons. The second kappa shape index (κ2) is 11.2. The summed E-state index contributed by atoms with van der Waals surface area (Å²) in [6.07, 6.45) is -4.74. The summed E-state index contributed by atoms with van der Waals surface area (Å²) < 4.78 is 37.5. The molecule has 3 aliphatic rings. The van der Waals surface area contributed by atoms with Crippen LogP contribution in [0.2, 0.25) is 0 Å².